The molecule has 0 radical (unpaired) electrons. The van der Waals surface area contributed by atoms with Crippen LogP contribution in [-0.2, 0) is 4.74 Å². The summed E-state index contributed by atoms with van der Waals surface area (Å²) in [5.74, 6) is 1.36. The number of rotatable bonds is 5. The fraction of sp³-hybridized carbons (Fsp3) is 0.263. The fourth-order valence-electron chi connectivity index (χ4n) is 2.99. The van der Waals surface area contributed by atoms with Gasteiger partial charge in [-0.3, -0.25) is 0 Å². The number of amides is 2. The first-order valence-electron chi connectivity index (χ1n) is 9.13. The molecule has 1 aliphatic rings. The van der Waals surface area contributed by atoms with E-state index >= 15 is 0 Å². The third-order valence-electron chi connectivity index (χ3n) is 4.43. The van der Waals surface area contributed by atoms with Crippen LogP contribution < -0.4 is 20.3 Å². The molecule has 2 amide bonds. The van der Waals surface area contributed by atoms with E-state index < -0.39 is 0 Å². The summed E-state index contributed by atoms with van der Waals surface area (Å²) < 4.78 is 12.1. The zero-order chi connectivity index (χ0) is 20.1. The number of methoxy groups -OCH3 is 1. The average molecular weight is 395 g/mol. The number of ether oxygens (including phenoxy) is 2. The molecule has 29 heavy (non-hydrogen) atoms. The number of hydrogen-bond donors (Lipinski definition) is 2. The van der Waals surface area contributed by atoms with E-state index in [1.54, 1.807) is 54.6 Å². The Balaban J connectivity index is 1.45. The van der Waals surface area contributed by atoms with Crippen molar-refractivity contribution in [1.29, 1.82) is 0 Å². The zero-order valence-electron chi connectivity index (χ0n) is 15.9. The minimum Gasteiger partial charge on any atom is -0.497 e. The molecule has 2 aromatic heterocycles. The molecule has 0 atom stereocenters. The van der Waals surface area contributed by atoms with Crippen LogP contribution in [0, 0.1) is 0 Å². The van der Waals surface area contributed by atoms with Crippen molar-refractivity contribution >= 4 is 23.1 Å². The maximum absolute atomic E-state index is 12.3. The maximum atomic E-state index is 12.3. The lowest BCUT2D eigenvalue weighted by molar-refractivity contribution is 0.122. The van der Waals surface area contributed by atoms with Gasteiger partial charge in [-0.2, -0.15) is 5.10 Å². The number of carbonyl (C=O) groups excluding carboxylic acids is 1. The van der Waals surface area contributed by atoms with Gasteiger partial charge in [-0.15, -0.1) is 0 Å². The molecule has 10 heteroatoms. The summed E-state index contributed by atoms with van der Waals surface area (Å²) >= 11 is 0. The number of anilines is 3. The molecule has 1 aromatic carbocycles. The van der Waals surface area contributed by atoms with E-state index in [1.807, 2.05) is 0 Å². The normalized spacial score (nSPS) is 13.8. The molecule has 3 aromatic rings. The van der Waals surface area contributed by atoms with Crippen LogP contribution in [0.1, 0.15) is 0 Å². The van der Waals surface area contributed by atoms with Gasteiger partial charge >= 0.3 is 6.03 Å². The molecule has 1 saturated heterocycles. The largest absolute Gasteiger partial charge is 0.497 e. The predicted octanol–water partition coefficient (Wildman–Crippen LogP) is 2.15. The van der Waals surface area contributed by atoms with E-state index in [2.05, 4.69) is 30.6 Å². The standard InChI is InChI=1S/C19H21N7O3/c1-28-16-4-2-14(3-5-16)23-19(27)24-15-10-22-26(12-15)18-17(11-20-13-21-18)25-6-8-29-9-7-25/h2-5,10-13H,6-9H2,1H3,(H2,23,24,27). The molecule has 2 N–H and O–H groups in total. The molecule has 10 nitrogen and oxygen atoms in total. The SMILES string of the molecule is COc1ccc(NC(=O)Nc2cnn(-c3ncncc3N3CCOCC3)c2)cc1. The smallest absolute Gasteiger partial charge is 0.323 e. The highest BCUT2D eigenvalue weighted by molar-refractivity contribution is 5.99. The summed E-state index contributed by atoms with van der Waals surface area (Å²) in [6.07, 6.45) is 6.52. The molecule has 1 aliphatic heterocycles. The van der Waals surface area contributed by atoms with E-state index in [0.717, 1.165) is 24.5 Å². The minimum absolute atomic E-state index is 0.370. The molecular weight excluding hydrogens is 374 g/mol. The van der Waals surface area contributed by atoms with Crippen LogP contribution in [0.15, 0.2) is 49.2 Å². The van der Waals surface area contributed by atoms with E-state index in [0.29, 0.717) is 30.4 Å². The van der Waals surface area contributed by atoms with Crippen molar-refractivity contribution < 1.29 is 14.3 Å². The van der Waals surface area contributed by atoms with Crippen molar-refractivity contribution in [2.45, 2.75) is 0 Å². The lowest BCUT2D eigenvalue weighted by Gasteiger charge is -2.29. The van der Waals surface area contributed by atoms with E-state index in [1.165, 1.54) is 6.33 Å². The number of morpholine rings is 1. The van der Waals surface area contributed by atoms with E-state index in [-0.39, 0.29) is 6.03 Å². The van der Waals surface area contributed by atoms with Gasteiger partial charge in [-0.25, -0.2) is 19.4 Å². The maximum Gasteiger partial charge on any atom is 0.323 e. The van der Waals surface area contributed by atoms with Gasteiger partial charge in [0.25, 0.3) is 0 Å². The van der Waals surface area contributed by atoms with Gasteiger partial charge in [0.2, 0.25) is 0 Å². The van der Waals surface area contributed by atoms with Gasteiger partial charge < -0.3 is 25.0 Å². The third-order valence-corrected chi connectivity index (χ3v) is 4.43. The molecule has 150 valence electrons. The Kier molecular flexibility index (Phi) is 5.52. The second-order valence-electron chi connectivity index (χ2n) is 6.31. The number of aromatic nitrogens is 4. The van der Waals surface area contributed by atoms with Crippen molar-refractivity contribution in [1.82, 2.24) is 19.7 Å². The van der Waals surface area contributed by atoms with Crippen LogP contribution >= 0.6 is 0 Å². The van der Waals surface area contributed by atoms with Crippen molar-refractivity contribution in [3.63, 3.8) is 0 Å². The number of benzene rings is 1. The monoisotopic (exact) mass is 395 g/mol. The first-order chi connectivity index (χ1) is 14.2. The van der Waals surface area contributed by atoms with Crippen molar-refractivity contribution in [3.8, 4) is 11.6 Å². The number of nitrogens with one attached hydrogen (secondary N) is 2. The van der Waals surface area contributed by atoms with Crippen LogP contribution in [0.25, 0.3) is 5.82 Å². The van der Waals surface area contributed by atoms with Crippen LogP contribution in [0.4, 0.5) is 21.9 Å². The summed E-state index contributed by atoms with van der Waals surface area (Å²) in [6, 6.07) is 6.70. The van der Waals surface area contributed by atoms with Crippen LogP contribution in [0.5, 0.6) is 5.75 Å². The quantitative estimate of drug-likeness (QED) is 0.682. The topological polar surface area (TPSA) is 106 Å². The molecule has 0 spiro atoms. The van der Waals surface area contributed by atoms with Crippen LogP contribution in [0.3, 0.4) is 0 Å². The highest BCUT2D eigenvalue weighted by Crippen LogP contribution is 2.23. The third kappa shape index (κ3) is 4.43. The van der Waals surface area contributed by atoms with Crippen molar-refractivity contribution in [2.75, 3.05) is 48.9 Å². The Bertz CT molecular complexity index is 968. The first-order valence-corrected chi connectivity index (χ1v) is 9.13. The van der Waals surface area contributed by atoms with Crippen LogP contribution in [0.2, 0.25) is 0 Å². The van der Waals surface area contributed by atoms with Gasteiger partial charge in [0.05, 0.1) is 44.6 Å². The molecule has 3 heterocycles. The van der Waals surface area contributed by atoms with Crippen LogP contribution in [-0.4, -0.2) is 59.2 Å². The molecular formula is C19H21N7O3. The van der Waals surface area contributed by atoms with Gasteiger partial charge in [-0.05, 0) is 24.3 Å². The summed E-state index contributed by atoms with van der Waals surface area (Å²) in [5, 5.41) is 9.86. The van der Waals surface area contributed by atoms with E-state index in [9.17, 15) is 4.79 Å². The highest BCUT2D eigenvalue weighted by Gasteiger charge is 2.18. The molecule has 0 aliphatic carbocycles. The number of carbonyl (C=O) groups is 1. The highest BCUT2D eigenvalue weighted by atomic mass is 16.5. The second kappa shape index (κ2) is 8.57. The molecule has 0 bridgehead atoms. The van der Waals surface area contributed by atoms with Crippen molar-refractivity contribution in [2.24, 2.45) is 0 Å². The number of nitrogens with zero attached hydrogens (tertiary/aromatic N) is 5. The Hall–Kier alpha value is -3.66. The van der Waals surface area contributed by atoms with Gasteiger partial charge in [0.1, 0.15) is 17.8 Å². The lowest BCUT2D eigenvalue weighted by atomic mass is 10.3. The van der Waals surface area contributed by atoms with Crippen molar-refractivity contribution in [3.05, 3.63) is 49.2 Å². The first kappa shape index (κ1) is 18.7. The summed E-state index contributed by atoms with van der Waals surface area (Å²) in [4.78, 5) is 22.9. The lowest BCUT2D eigenvalue weighted by Crippen LogP contribution is -2.37. The summed E-state index contributed by atoms with van der Waals surface area (Å²) in [6.45, 7) is 2.84. The summed E-state index contributed by atoms with van der Waals surface area (Å²) in [7, 11) is 1.59. The molecule has 0 unspecified atom stereocenters. The Morgan fingerprint density at radius 1 is 1.10 bits per heavy atom. The van der Waals surface area contributed by atoms with E-state index in [4.69, 9.17) is 9.47 Å². The predicted molar refractivity (Wildman–Crippen MR) is 108 cm³/mol. The van der Waals surface area contributed by atoms with Gasteiger partial charge in [0, 0.05) is 18.8 Å². The Morgan fingerprint density at radius 2 is 1.86 bits per heavy atom. The summed E-state index contributed by atoms with van der Waals surface area (Å²) in [5.41, 5.74) is 2.07. The van der Waals surface area contributed by atoms with Gasteiger partial charge in [-0.1, -0.05) is 0 Å². The fourth-order valence-corrected chi connectivity index (χ4v) is 2.99. The second-order valence-corrected chi connectivity index (χ2v) is 6.31. The Morgan fingerprint density at radius 3 is 2.62 bits per heavy atom. The Labute approximate surface area is 167 Å². The van der Waals surface area contributed by atoms with Gasteiger partial charge in [0.15, 0.2) is 5.82 Å². The zero-order valence-corrected chi connectivity index (χ0v) is 15.9. The minimum atomic E-state index is -0.370. The average Bonchev–Trinajstić information content (AvgIpc) is 3.23. The number of hydrogen-bond acceptors (Lipinski definition) is 7. The molecule has 1 fully saturated rings. The molecule has 0 saturated carbocycles. The number of urea groups is 1. The molecule has 4 rings (SSSR count).